The van der Waals surface area contributed by atoms with E-state index in [-0.39, 0.29) is 10.8 Å². The number of phenols is 1. The van der Waals surface area contributed by atoms with Gasteiger partial charge in [0.15, 0.2) is 14.4 Å². The fourth-order valence-electron chi connectivity index (χ4n) is 4.08. The summed E-state index contributed by atoms with van der Waals surface area (Å²) < 4.78 is 0. The van der Waals surface area contributed by atoms with Gasteiger partial charge in [-0.2, -0.15) is 0 Å². The van der Waals surface area contributed by atoms with Crippen molar-refractivity contribution in [1.82, 2.24) is 0 Å². The van der Waals surface area contributed by atoms with Crippen molar-refractivity contribution in [2.75, 3.05) is 0 Å². The van der Waals surface area contributed by atoms with Crippen molar-refractivity contribution < 1.29 is 9.90 Å². The number of aldehydes is 1. The van der Waals surface area contributed by atoms with E-state index in [1.807, 2.05) is 48.5 Å². The number of hydrogen-bond acceptors (Lipinski definition) is 2. The van der Waals surface area contributed by atoms with Gasteiger partial charge < -0.3 is 5.11 Å². The molecule has 0 aliphatic carbocycles. The summed E-state index contributed by atoms with van der Waals surface area (Å²) in [4.78, 5) is 11.5. The molecule has 0 saturated carbocycles. The molecule has 0 saturated heterocycles. The van der Waals surface area contributed by atoms with E-state index in [1.165, 1.54) is 10.4 Å². The van der Waals surface area contributed by atoms with E-state index in [2.05, 4.69) is 45.0 Å². The maximum absolute atomic E-state index is 11.5. The summed E-state index contributed by atoms with van der Waals surface area (Å²) >= 11 is 0. The van der Waals surface area contributed by atoms with Gasteiger partial charge >= 0.3 is 0 Å². The molecule has 1 N–H and O–H groups in total. The van der Waals surface area contributed by atoms with E-state index in [9.17, 15) is 9.90 Å². The van der Waals surface area contributed by atoms with Gasteiger partial charge in [-0.3, -0.25) is 4.79 Å². The van der Waals surface area contributed by atoms with Crippen molar-refractivity contribution in [2.45, 2.75) is 25.8 Å². The van der Waals surface area contributed by atoms with Crippen LogP contribution in [-0.2, 0) is 0 Å². The third-order valence-electron chi connectivity index (χ3n) is 5.14. The number of benzene rings is 3. The van der Waals surface area contributed by atoms with Crippen molar-refractivity contribution in [3.63, 3.8) is 0 Å². The van der Waals surface area contributed by atoms with Gasteiger partial charge in [0.1, 0.15) is 5.75 Å². The molecule has 0 spiro atoms. The molecule has 132 valence electrons. The summed E-state index contributed by atoms with van der Waals surface area (Å²) in [6, 6.07) is 26.3. The molecule has 3 aromatic carbocycles. The van der Waals surface area contributed by atoms with Gasteiger partial charge in [-0.05, 0) is 26.7 Å². The van der Waals surface area contributed by atoms with Crippen molar-refractivity contribution in [3.8, 4) is 5.75 Å². The predicted molar refractivity (Wildman–Crippen MR) is 111 cm³/mol. The van der Waals surface area contributed by atoms with Gasteiger partial charge in [0.2, 0.25) is 0 Å². The lowest BCUT2D eigenvalue weighted by molar-refractivity contribution is 0.112. The zero-order chi connectivity index (χ0) is 18.8. The van der Waals surface area contributed by atoms with E-state index in [4.69, 9.17) is 0 Å². The summed E-state index contributed by atoms with van der Waals surface area (Å²) in [5.74, 6) is 0.108. The van der Waals surface area contributed by atoms with E-state index >= 15 is 0 Å². The minimum Gasteiger partial charge on any atom is -0.507 e. The standard InChI is InChI=1S/C23H24O2Si/c1-23(2,3)26(19-12-6-4-7-13-19,20-14-8-5-9-15-20)21-16-10-11-18(17-24)22(21)25/h4-17,25H,1-3H3. The molecule has 3 aromatic rings. The number of para-hydroxylation sites is 1. The molecule has 3 rings (SSSR count). The molecule has 0 aromatic heterocycles. The number of aromatic hydroxyl groups is 1. The van der Waals surface area contributed by atoms with Crippen LogP contribution in [0.25, 0.3) is 0 Å². The number of carbonyl (C=O) groups excluding carboxylic acids is 1. The van der Waals surface area contributed by atoms with Crippen LogP contribution in [0.4, 0.5) is 0 Å². The lowest BCUT2D eigenvalue weighted by Crippen LogP contribution is -2.72. The van der Waals surface area contributed by atoms with E-state index in [0.717, 1.165) is 11.5 Å². The molecule has 0 heterocycles. The fraction of sp³-hybridized carbons (Fsp3) is 0.174. The van der Waals surface area contributed by atoms with Crippen molar-refractivity contribution in [2.24, 2.45) is 0 Å². The van der Waals surface area contributed by atoms with Crippen LogP contribution in [0.15, 0.2) is 78.9 Å². The molecule has 0 bridgehead atoms. The van der Waals surface area contributed by atoms with Crippen LogP contribution in [0, 0.1) is 0 Å². The number of rotatable bonds is 4. The second-order valence-corrected chi connectivity index (χ2v) is 12.3. The molecule has 0 amide bonds. The molecule has 0 unspecified atom stereocenters. The summed E-state index contributed by atoms with van der Waals surface area (Å²) in [6.45, 7) is 6.69. The number of hydrogen-bond donors (Lipinski definition) is 1. The first-order chi connectivity index (χ1) is 12.4. The molecule has 2 nitrogen and oxygen atoms in total. The van der Waals surface area contributed by atoms with Gasteiger partial charge in [0.25, 0.3) is 0 Å². The topological polar surface area (TPSA) is 37.3 Å². The van der Waals surface area contributed by atoms with Gasteiger partial charge in [-0.25, -0.2) is 0 Å². The van der Waals surface area contributed by atoms with Crippen LogP contribution in [0.5, 0.6) is 5.75 Å². The Bertz CT molecular complexity index is 857. The Balaban J connectivity index is 2.49. The minimum atomic E-state index is -2.63. The highest BCUT2D eigenvalue weighted by atomic mass is 28.3. The molecule has 0 aliphatic rings. The Kier molecular flexibility index (Phi) is 4.83. The summed E-state index contributed by atoms with van der Waals surface area (Å²) in [5.41, 5.74) is 0.343. The first kappa shape index (κ1) is 18.1. The van der Waals surface area contributed by atoms with Crippen LogP contribution >= 0.6 is 0 Å². The normalized spacial score (nSPS) is 12.0. The van der Waals surface area contributed by atoms with Crippen LogP contribution in [0.1, 0.15) is 31.1 Å². The number of carbonyl (C=O) groups is 1. The predicted octanol–water partition coefficient (Wildman–Crippen LogP) is 3.48. The molecule has 3 heteroatoms. The quantitative estimate of drug-likeness (QED) is 0.439. The first-order valence-corrected chi connectivity index (χ1v) is 10.8. The number of phenolic OH excluding ortho intramolecular Hbond substituents is 1. The van der Waals surface area contributed by atoms with E-state index in [1.54, 1.807) is 6.07 Å². The summed E-state index contributed by atoms with van der Waals surface area (Å²) in [6.07, 6.45) is 0.733. The molecule has 0 radical (unpaired) electrons. The van der Waals surface area contributed by atoms with Crippen molar-refractivity contribution >= 4 is 29.9 Å². The van der Waals surface area contributed by atoms with Gasteiger partial charge in [0, 0.05) is 0 Å². The summed E-state index contributed by atoms with van der Waals surface area (Å²) in [5, 5.41) is 14.2. The van der Waals surface area contributed by atoms with Crippen LogP contribution in [-0.4, -0.2) is 19.5 Å². The largest absolute Gasteiger partial charge is 0.507 e. The van der Waals surface area contributed by atoms with E-state index in [0.29, 0.717) is 5.56 Å². The third-order valence-corrected chi connectivity index (χ3v) is 11.0. The highest BCUT2D eigenvalue weighted by molar-refractivity contribution is 7.13. The fourth-order valence-corrected chi connectivity index (χ4v) is 9.81. The Hall–Kier alpha value is -2.65. The second kappa shape index (κ2) is 6.93. The monoisotopic (exact) mass is 360 g/mol. The summed E-state index contributed by atoms with van der Waals surface area (Å²) in [7, 11) is -2.63. The molecular weight excluding hydrogens is 336 g/mol. The molecule has 26 heavy (non-hydrogen) atoms. The van der Waals surface area contributed by atoms with Gasteiger partial charge in [-0.1, -0.05) is 93.6 Å². The maximum atomic E-state index is 11.5. The Labute approximate surface area is 156 Å². The highest BCUT2D eigenvalue weighted by Gasteiger charge is 2.50. The van der Waals surface area contributed by atoms with Crippen LogP contribution in [0.2, 0.25) is 5.04 Å². The maximum Gasteiger partial charge on any atom is 0.158 e. The molecule has 0 atom stereocenters. The van der Waals surface area contributed by atoms with E-state index < -0.39 is 8.07 Å². The molecular formula is C23H24O2Si. The van der Waals surface area contributed by atoms with Gasteiger partial charge in [-0.15, -0.1) is 0 Å². The lowest BCUT2D eigenvalue weighted by Gasteiger charge is -2.44. The Morgan fingerprint density at radius 3 is 1.69 bits per heavy atom. The SMILES string of the molecule is CC(C)(C)[Si](c1ccccc1)(c1ccccc1)c1cccc(C=O)c1O. The average molecular weight is 361 g/mol. The van der Waals surface area contributed by atoms with Crippen molar-refractivity contribution in [3.05, 3.63) is 84.4 Å². The lowest BCUT2D eigenvalue weighted by atomic mass is 10.2. The Morgan fingerprint density at radius 1 is 0.769 bits per heavy atom. The third kappa shape index (κ3) is 2.78. The van der Waals surface area contributed by atoms with Gasteiger partial charge in [0.05, 0.1) is 5.56 Å². The minimum absolute atomic E-state index is 0.108. The van der Waals surface area contributed by atoms with Crippen molar-refractivity contribution in [1.29, 1.82) is 0 Å². The average Bonchev–Trinajstić information content (AvgIpc) is 2.64. The second-order valence-electron chi connectivity index (χ2n) is 7.59. The Morgan fingerprint density at radius 2 is 1.27 bits per heavy atom. The first-order valence-electron chi connectivity index (χ1n) is 8.81. The molecule has 0 aliphatic heterocycles. The van der Waals surface area contributed by atoms with Crippen LogP contribution < -0.4 is 15.6 Å². The zero-order valence-corrected chi connectivity index (χ0v) is 16.4. The highest BCUT2D eigenvalue weighted by Crippen LogP contribution is 2.37. The van der Waals surface area contributed by atoms with Crippen LogP contribution in [0.3, 0.4) is 0 Å². The smallest absolute Gasteiger partial charge is 0.158 e. The zero-order valence-electron chi connectivity index (χ0n) is 15.4. The molecule has 0 fully saturated rings.